The number of aromatic carboxylic acids is 1. The van der Waals surface area contributed by atoms with Crippen molar-refractivity contribution in [2.45, 2.75) is 37.8 Å². The summed E-state index contributed by atoms with van der Waals surface area (Å²) in [7, 11) is 0. The van der Waals surface area contributed by atoms with E-state index in [2.05, 4.69) is 32.5 Å². The van der Waals surface area contributed by atoms with Crippen LogP contribution in [0.1, 0.15) is 41.6 Å². The van der Waals surface area contributed by atoms with Gasteiger partial charge >= 0.3 is 5.97 Å². The van der Waals surface area contributed by atoms with E-state index in [1.54, 1.807) is 0 Å². The summed E-state index contributed by atoms with van der Waals surface area (Å²) < 4.78 is 3.76. The van der Waals surface area contributed by atoms with Crippen LogP contribution < -0.4 is 0 Å². The quantitative estimate of drug-likeness (QED) is 0.296. The highest BCUT2D eigenvalue weighted by Gasteiger charge is 2.23. The van der Waals surface area contributed by atoms with E-state index in [4.69, 9.17) is 4.98 Å². The normalized spacial score (nSPS) is 11.4. The van der Waals surface area contributed by atoms with E-state index >= 15 is 0 Å². The fourth-order valence-corrected chi connectivity index (χ4v) is 4.73. The summed E-state index contributed by atoms with van der Waals surface area (Å²) in [4.78, 5) is 21.5. The molecule has 0 atom stereocenters. The molecule has 0 unspecified atom stereocenters. The van der Waals surface area contributed by atoms with Gasteiger partial charge in [0.05, 0.1) is 0 Å². The first-order valence-corrected chi connectivity index (χ1v) is 12.5. The third-order valence-corrected chi connectivity index (χ3v) is 6.49. The maximum Gasteiger partial charge on any atom is 0.355 e. The molecule has 2 N–H and O–H groups in total. The molecule has 5 rings (SSSR count). The number of fused-ring (bicyclic) bond motifs is 1. The Kier molecular flexibility index (Phi) is 6.32. The van der Waals surface area contributed by atoms with Crippen LogP contribution in [0.2, 0.25) is 0 Å². The second-order valence-corrected chi connectivity index (χ2v) is 8.85. The molecule has 0 saturated heterocycles. The van der Waals surface area contributed by atoms with Gasteiger partial charge in [0.1, 0.15) is 27.9 Å². The minimum absolute atomic E-state index is 0.243. The Balaban J connectivity index is 1.52. The molecule has 5 aromatic rings. The Hall–Kier alpha value is -3.99. The fourth-order valence-electron chi connectivity index (χ4n) is 4.14. The standard InChI is InChI=1S/C24H24N8O2S/c1-3-4-7-18-26-23(35-2)21(24(33)34)32(18)14-15-9-11-16(12-10-15)19-20(22-27-29-30-28-22)31-13-6-5-8-17(31)25-19/h5-6,8-13H,3-4,7,14H2,1-2H3,(H,33,34)(H,27,28,29,30). The molecule has 35 heavy (non-hydrogen) atoms. The Labute approximate surface area is 205 Å². The molecular formula is C24H24N8O2S. The van der Waals surface area contributed by atoms with Crippen LogP contribution in [0.5, 0.6) is 0 Å². The van der Waals surface area contributed by atoms with Crippen LogP contribution in [0.15, 0.2) is 53.7 Å². The first-order chi connectivity index (χ1) is 17.1. The number of tetrazole rings is 1. The number of H-pyrrole nitrogens is 1. The van der Waals surface area contributed by atoms with Crippen LogP contribution in [0.25, 0.3) is 28.4 Å². The number of aryl methyl sites for hydroxylation is 1. The average molecular weight is 489 g/mol. The van der Waals surface area contributed by atoms with Gasteiger partial charge in [-0.25, -0.2) is 14.8 Å². The number of carbonyl (C=O) groups is 1. The summed E-state index contributed by atoms with van der Waals surface area (Å²) in [6, 6.07) is 13.7. The number of carboxylic acids is 1. The van der Waals surface area contributed by atoms with Gasteiger partial charge in [-0.15, -0.1) is 22.0 Å². The first kappa shape index (κ1) is 22.8. The van der Waals surface area contributed by atoms with Crippen molar-refractivity contribution in [1.82, 2.24) is 39.6 Å². The third kappa shape index (κ3) is 4.30. The predicted octanol–water partition coefficient (Wildman–Crippen LogP) is 4.19. The second kappa shape index (κ2) is 9.71. The number of hydrogen-bond acceptors (Lipinski definition) is 7. The van der Waals surface area contributed by atoms with Crippen molar-refractivity contribution in [3.05, 3.63) is 65.7 Å². The van der Waals surface area contributed by atoms with Crippen LogP contribution in [0.4, 0.5) is 0 Å². The molecule has 178 valence electrons. The third-order valence-electron chi connectivity index (χ3n) is 5.82. The minimum atomic E-state index is -0.962. The fraction of sp³-hybridized carbons (Fsp3) is 0.250. The zero-order valence-corrected chi connectivity index (χ0v) is 20.2. The van der Waals surface area contributed by atoms with E-state index < -0.39 is 5.97 Å². The topological polar surface area (TPSA) is 127 Å². The van der Waals surface area contributed by atoms with Gasteiger partial charge in [0.25, 0.3) is 0 Å². The number of imidazole rings is 2. The molecule has 0 bridgehead atoms. The van der Waals surface area contributed by atoms with Crippen molar-refractivity contribution < 1.29 is 9.90 Å². The molecule has 0 aliphatic carbocycles. The van der Waals surface area contributed by atoms with Crippen LogP contribution in [0.3, 0.4) is 0 Å². The van der Waals surface area contributed by atoms with E-state index in [1.165, 1.54) is 11.8 Å². The van der Waals surface area contributed by atoms with Crippen molar-refractivity contribution in [1.29, 1.82) is 0 Å². The Bertz CT molecular complexity index is 1470. The lowest BCUT2D eigenvalue weighted by atomic mass is 10.1. The van der Waals surface area contributed by atoms with Crippen molar-refractivity contribution in [3.63, 3.8) is 0 Å². The lowest BCUT2D eigenvalue weighted by molar-refractivity contribution is 0.0681. The van der Waals surface area contributed by atoms with Crippen LogP contribution in [0, 0.1) is 0 Å². The molecule has 4 aromatic heterocycles. The molecule has 0 aliphatic rings. The number of aromatic nitrogens is 8. The highest BCUT2D eigenvalue weighted by Crippen LogP contribution is 2.31. The van der Waals surface area contributed by atoms with Gasteiger partial charge < -0.3 is 9.67 Å². The Morgan fingerprint density at radius 3 is 2.66 bits per heavy atom. The van der Waals surface area contributed by atoms with E-state index in [9.17, 15) is 9.90 Å². The number of nitrogens with zero attached hydrogens (tertiary/aromatic N) is 7. The minimum Gasteiger partial charge on any atom is -0.476 e. The summed E-state index contributed by atoms with van der Waals surface area (Å²) in [5, 5.41) is 25.0. The summed E-state index contributed by atoms with van der Waals surface area (Å²) in [5.74, 6) is 0.297. The van der Waals surface area contributed by atoms with Crippen LogP contribution in [-0.4, -0.2) is 56.9 Å². The zero-order valence-electron chi connectivity index (χ0n) is 19.3. The van der Waals surface area contributed by atoms with Gasteiger partial charge in [0.2, 0.25) is 5.82 Å². The molecule has 1 aromatic carbocycles. The molecule has 10 nitrogen and oxygen atoms in total. The zero-order chi connectivity index (χ0) is 24.4. The molecule has 0 radical (unpaired) electrons. The molecule has 0 spiro atoms. The van der Waals surface area contributed by atoms with E-state index in [0.717, 1.165) is 53.2 Å². The van der Waals surface area contributed by atoms with E-state index in [-0.39, 0.29) is 5.69 Å². The smallest absolute Gasteiger partial charge is 0.355 e. The number of rotatable bonds is 9. The highest BCUT2D eigenvalue weighted by atomic mass is 32.2. The highest BCUT2D eigenvalue weighted by molar-refractivity contribution is 7.98. The molecular weight excluding hydrogens is 464 g/mol. The van der Waals surface area contributed by atoms with Crippen LogP contribution >= 0.6 is 11.8 Å². The lowest BCUT2D eigenvalue weighted by Crippen LogP contribution is -2.13. The number of unbranched alkanes of at least 4 members (excludes halogenated alkanes) is 1. The maximum atomic E-state index is 12.0. The van der Waals surface area contributed by atoms with Crippen LogP contribution in [-0.2, 0) is 13.0 Å². The van der Waals surface area contributed by atoms with Gasteiger partial charge in [-0.1, -0.05) is 43.7 Å². The number of aromatic amines is 1. The van der Waals surface area contributed by atoms with Crippen molar-refractivity contribution in [3.8, 4) is 22.8 Å². The summed E-state index contributed by atoms with van der Waals surface area (Å²) >= 11 is 1.36. The number of pyridine rings is 1. The maximum absolute atomic E-state index is 12.0. The predicted molar refractivity (Wildman–Crippen MR) is 132 cm³/mol. The summed E-state index contributed by atoms with van der Waals surface area (Å²) in [6.07, 6.45) is 6.48. The SMILES string of the molecule is CCCCc1nc(SC)c(C(=O)O)n1Cc1ccc(-c2nc3ccccn3c2-c2nn[nH]n2)cc1. The number of hydrogen-bond donors (Lipinski definition) is 2. The van der Waals surface area contributed by atoms with Crippen molar-refractivity contribution in [2.24, 2.45) is 0 Å². The molecule has 4 heterocycles. The molecule has 0 aliphatic heterocycles. The van der Waals surface area contributed by atoms with Gasteiger partial charge in [-0.05, 0) is 35.6 Å². The van der Waals surface area contributed by atoms with Gasteiger partial charge in [-0.3, -0.25) is 4.40 Å². The number of nitrogens with one attached hydrogen (secondary N) is 1. The number of carboxylic acid groups (broad SMARTS) is 1. The molecule has 0 amide bonds. The van der Waals surface area contributed by atoms with E-state index in [1.807, 2.05) is 63.9 Å². The first-order valence-electron chi connectivity index (χ1n) is 11.3. The number of thioether (sulfide) groups is 1. The molecule has 0 fully saturated rings. The lowest BCUT2D eigenvalue weighted by Gasteiger charge is -2.11. The Morgan fingerprint density at radius 1 is 1.14 bits per heavy atom. The molecule has 11 heteroatoms. The van der Waals surface area contributed by atoms with Crippen molar-refractivity contribution in [2.75, 3.05) is 6.26 Å². The van der Waals surface area contributed by atoms with Gasteiger partial charge in [0, 0.05) is 24.7 Å². The molecule has 0 saturated carbocycles. The Morgan fingerprint density at radius 2 is 1.97 bits per heavy atom. The van der Waals surface area contributed by atoms with Crippen molar-refractivity contribution >= 4 is 23.4 Å². The average Bonchev–Trinajstić information content (AvgIpc) is 3.60. The second-order valence-electron chi connectivity index (χ2n) is 8.05. The van der Waals surface area contributed by atoms with Gasteiger partial charge in [0.15, 0.2) is 5.69 Å². The largest absolute Gasteiger partial charge is 0.476 e. The van der Waals surface area contributed by atoms with E-state index in [0.29, 0.717) is 17.4 Å². The monoisotopic (exact) mass is 488 g/mol. The summed E-state index contributed by atoms with van der Waals surface area (Å²) in [6.45, 7) is 2.54. The number of benzene rings is 1. The van der Waals surface area contributed by atoms with Gasteiger partial charge in [-0.2, -0.15) is 5.21 Å². The summed E-state index contributed by atoms with van der Waals surface area (Å²) in [5.41, 5.74) is 4.39.